The molecule has 1 amide bonds. The molecule has 0 aliphatic heterocycles. The summed E-state index contributed by atoms with van der Waals surface area (Å²) in [4.78, 5) is 10.5. The summed E-state index contributed by atoms with van der Waals surface area (Å²) in [7, 11) is 3.31. The lowest BCUT2D eigenvalue weighted by atomic mass is 10.1. The maximum atomic E-state index is 10.5. The van der Waals surface area contributed by atoms with Gasteiger partial charge in [-0.1, -0.05) is 36.4 Å². The Hall–Kier alpha value is -4.77. The van der Waals surface area contributed by atoms with Crippen LogP contribution in [0.25, 0.3) is 0 Å². The van der Waals surface area contributed by atoms with Crippen molar-refractivity contribution in [3.8, 4) is 23.0 Å². The summed E-state index contributed by atoms with van der Waals surface area (Å²) >= 11 is 0. The molecule has 0 heterocycles. The molecule has 0 radical (unpaired) electrons. The van der Waals surface area contributed by atoms with Crippen molar-refractivity contribution >= 4 is 17.8 Å². The summed E-state index contributed by atoms with van der Waals surface area (Å²) in [5.74, 6) is 1.81. The van der Waals surface area contributed by atoms with Gasteiger partial charge in [-0.2, -0.15) is 0 Å². The Balaban J connectivity index is 0.000000256. The van der Waals surface area contributed by atoms with Crippen LogP contribution in [-0.2, 0) is 24.1 Å². The predicted octanol–water partition coefficient (Wildman–Crippen LogP) is 4.97. The fourth-order valence-corrected chi connectivity index (χ4v) is 4.97. The number of aliphatic hydroxyl groups is 1. The molecule has 0 bridgehead atoms. The molecule has 4 rings (SSSR count). The first-order chi connectivity index (χ1) is 22.6. The number of hydrogen-bond acceptors (Lipinski definition) is 9. The van der Waals surface area contributed by atoms with Crippen LogP contribution in [0.3, 0.4) is 0 Å². The SMILES string of the molecule is COc1ccc(C[C@@H](C)NCCc2ccc(O)c(NC=O)c2)cc1.COc1ccc(C[C@@H](C)NC[C@H](O)c2ccc(O)c(N)c2)cc1. The number of nitrogen functional groups attached to an aromatic ring is 1. The third-order valence-corrected chi connectivity index (χ3v) is 7.68. The average Bonchev–Trinajstić information content (AvgIpc) is 3.07. The minimum Gasteiger partial charge on any atom is -0.506 e. The van der Waals surface area contributed by atoms with E-state index in [1.54, 1.807) is 38.5 Å². The highest BCUT2D eigenvalue weighted by molar-refractivity contribution is 5.75. The maximum absolute atomic E-state index is 10.5. The number of rotatable bonds is 16. The van der Waals surface area contributed by atoms with Crippen molar-refractivity contribution in [2.75, 3.05) is 38.4 Å². The second-order valence-corrected chi connectivity index (χ2v) is 11.5. The molecule has 10 nitrogen and oxygen atoms in total. The Morgan fingerprint density at radius 3 is 1.81 bits per heavy atom. The molecule has 252 valence electrons. The van der Waals surface area contributed by atoms with E-state index in [1.165, 1.54) is 17.2 Å². The number of ether oxygens (including phenoxy) is 2. The van der Waals surface area contributed by atoms with Gasteiger partial charge in [0.2, 0.25) is 6.41 Å². The summed E-state index contributed by atoms with van der Waals surface area (Å²) in [6, 6.07) is 26.6. The van der Waals surface area contributed by atoms with Gasteiger partial charge in [-0.25, -0.2) is 0 Å². The number of carbonyl (C=O) groups excluding carboxylic acids is 1. The minimum atomic E-state index is -0.670. The molecule has 0 saturated heterocycles. The minimum absolute atomic E-state index is 0.0294. The third kappa shape index (κ3) is 12.5. The van der Waals surface area contributed by atoms with E-state index in [-0.39, 0.29) is 23.2 Å². The quantitative estimate of drug-likeness (QED) is 0.0508. The van der Waals surface area contributed by atoms with E-state index in [9.17, 15) is 20.1 Å². The molecular formula is C37H48N4O6. The van der Waals surface area contributed by atoms with Gasteiger partial charge >= 0.3 is 0 Å². The Labute approximate surface area is 277 Å². The zero-order chi connectivity index (χ0) is 34.2. The molecule has 0 saturated carbocycles. The van der Waals surface area contributed by atoms with Gasteiger partial charge in [-0.3, -0.25) is 4.79 Å². The van der Waals surface area contributed by atoms with Crippen LogP contribution >= 0.6 is 0 Å². The van der Waals surface area contributed by atoms with Crippen LogP contribution in [0.15, 0.2) is 84.9 Å². The topological polar surface area (TPSA) is 158 Å². The molecule has 0 unspecified atom stereocenters. The average molecular weight is 645 g/mol. The van der Waals surface area contributed by atoms with Crippen molar-refractivity contribution in [2.24, 2.45) is 0 Å². The molecule has 0 aromatic heterocycles. The van der Waals surface area contributed by atoms with Gasteiger partial charge in [0.1, 0.15) is 23.0 Å². The predicted molar refractivity (Wildman–Crippen MR) is 187 cm³/mol. The van der Waals surface area contributed by atoms with Gasteiger partial charge in [0.05, 0.1) is 31.7 Å². The van der Waals surface area contributed by atoms with Gasteiger partial charge in [0.15, 0.2) is 0 Å². The fraction of sp³-hybridized carbons (Fsp3) is 0.324. The van der Waals surface area contributed by atoms with E-state index in [0.717, 1.165) is 42.9 Å². The van der Waals surface area contributed by atoms with E-state index in [4.69, 9.17) is 15.2 Å². The van der Waals surface area contributed by atoms with Gasteiger partial charge < -0.3 is 46.5 Å². The number of hydrogen-bond donors (Lipinski definition) is 7. The maximum Gasteiger partial charge on any atom is 0.211 e. The summed E-state index contributed by atoms with van der Waals surface area (Å²) < 4.78 is 10.3. The van der Waals surface area contributed by atoms with Crippen molar-refractivity contribution in [1.82, 2.24) is 10.6 Å². The van der Waals surface area contributed by atoms with Crippen LogP contribution in [0.4, 0.5) is 11.4 Å². The first-order valence-electron chi connectivity index (χ1n) is 15.6. The molecule has 3 atom stereocenters. The molecule has 47 heavy (non-hydrogen) atoms. The van der Waals surface area contributed by atoms with Crippen LogP contribution in [0, 0.1) is 0 Å². The second kappa shape index (κ2) is 19.0. The molecule has 4 aromatic carbocycles. The summed E-state index contributed by atoms with van der Waals surface area (Å²) in [5.41, 5.74) is 10.6. The Kier molecular flexibility index (Phi) is 14.9. The standard InChI is InChI=1S/C19H24N2O3.C18H24N2O3/c1-14(11-15-3-6-17(24-2)7-4-15)20-10-9-16-5-8-19(23)18(12-16)21-13-22;1-12(9-13-3-6-15(23-2)7-4-13)20-11-18(22)14-5-8-17(21)16(19)10-14/h3-8,12-14,20,23H,9-11H2,1-2H3,(H,21,22);3-8,10,12,18,20-22H,9,11,19H2,1-2H3/t14-;12-,18+/m11/s1. The molecule has 4 aromatic rings. The number of nitrogens with two attached hydrogens (primary N) is 1. The van der Waals surface area contributed by atoms with Crippen molar-refractivity contribution in [1.29, 1.82) is 0 Å². The monoisotopic (exact) mass is 644 g/mol. The number of phenols is 2. The Morgan fingerprint density at radius 1 is 0.745 bits per heavy atom. The fourth-order valence-electron chi connectivity index (χ4n) is 4.97. The number of methoxy groups -OCH3 is 2. The lowest BCUT2D eigenvalue weighted by Crippen LogP contribution is -2.32. The highest BCUT2D eigenvalue weighted by Crippen LogP contribution is 2.25. The zero-order valence-corrected chi connectivity index (χ0v) is 27.6. The summed E-state index contributed by atoms with van der Waals surface area (Å²) in [5, 5.41) is 38.5. The lowest BCUT2D eigenvalue weighted by molar-refractivity contribution is -0.105. The molecule has 8 N–H and O–H groups in total. The van der Waals surface area contributed by atoms with Crippen molar-refractivity contribution < 1.29 is 29.6 Å². The second-order valence-electron chi connectivity index (χ2n) is 11.5. The van der Waals surface area contributed by atoms with Crippen LogP contribution in [-0.4, -0.2) is 61.1 Å². The van der Waals surface area contributed by atoms with E-state index in [0.29, 0.717) is 30.2 Å². The smallest absolute Gasteiger partial charge is 0.211 e. The van der Waals surface area contributed by atoms with E-state index < -0.39 is 6.10 Å². The Bertz CT molecular complexity index is 1510. The van der Waals surface area contributed by atoms with E-state index in [1.807, 2.05) is 42.5 Å². The number of benzene rings is 4. The molecular weight excluding hydrogens is 596 g/mol. The number of aromatic hydroxyl groups is 2. The molecule has 10 heteroatoms. The first kappa shape index (κ1) is 36.7. The summed E-state index contributed by atoms with van der Waals surface area (Å²) in [6.45, 7) is 5.47. The third-order valence-electron chi connectivity index (χ3n) is 7.68. The zero-order valence-electron chi connectivity index (χ0n) is 27.6. The highest BCUT2D eigenvalue weighted by Gasteiger charge is 2.12. The number of aliphatic hydroxyl groups excluding tert-OH is 1. The van der Waals surface area contributed by atoms with Crippen molar-refractivity contribution in [3.63, 3.8) is 0 Å². The van der Waals surface area contributed by atoms with Crippen LogP contribution in [0.2, 0.25) is 0 Å². The molecule has 0 spiro atoms. The summed E-state index contributed by atoms with van der Waals surface area (Å²) in [6.07, 6.45) is 2.51. The molecule has 0 aliphatic carbocycles. The number of nitrogens with one attached hydrogen (secondary N) is 3. The van der Waals surface area contributed by atoms with Crippen LogP contribution in [0.1, 0.15) is 42.2 Å². The molecule has 0 aliphatic rings. The Morgan fingerprint density at radius 2 is 1.28 bits per heavy atom. The van der Waals surface area contributed by atoms with Gasteiger partial charge in [-0.15, -0.1) is 0 Å². The number of anilines is 2. The van der Waals surface area contributed by atoms with Crippen LogP contribution < -0.4 is 31.2 Å². The van der Waals surface area contributed by atoms with Gasteiger partial charge in [-0.05, 0) is 110 Å². The van der Waals surface area contributed by atoms with Crippen LogP contribution in [0.5, 0.6) is 23.0 Å². The number of amides is 1. The van der Waals surface area contributed by atoms with Gasteiger partial charge in [0, 0.05) is 18.6 Å². The first-order valence-corrected chi connectivity index (χ1v) is 15.6. The van der Waals surface area contributed by atoms with E-state index >= 15 is 0 Å². The van der Waals surface area contributed by atoms with Crippen molar-refractivity contribution in [3.05, 3.63) is 107 Å². The van der Waals surface area contributed by atoms with Crippen molar-refractivity contribution in [2.45, 2.75) is 51.3 Å². The van der Waals surface area contributed by atoms with Gasteiger partial charge in [0.25, 0.3) is 0 Å². The largest absolute Gasteiger partial charge is 0.506 e. The normalized spacial score (nSPS) is 12.6. The lowest BCUT2D eigenvalue weighted by Gasteiger charge is -2.18. The number of phenolic OH excluding ortho intramolecular Hbond substituents is 2. The molecule has 0 fully saturated rings. The number of carbonyl (C=O) groups is 1. The highest BCUT2D eigenvalue weighted by atomic mass is 16.5. The van der Waals surface area contributed by atoms with E-state index in [2.05, 4.69) is 41.9 Å².